The van der Waals surface area contributed by atoms with Gasteiger partial charge in [0.1, 0.15) is 5.82 Å². The molecule has 0 bridgehead atoms. The van der Waals surface area contributed by atoms with Crippen LogP contribution < -0.4 is 10.6 Å². The van der Waals surface area contributed by atoms with Gasteiger partial charge >= 0.3 is 6.18 Å². The number of amides is 1. The number of fused-ring (bicyclic) bond motifs is 1. The van der Waals surface area contributed by atoms with Crippen LogP contribution in [0.1, 0.15) is 33.9 Å². The summed E-state index contributed by atoms with van der Waals surface area (Å²) in [5.41, 5.74) is 0.128. The number of hydrogen-bond donors (Lipinski definition) is 2. The zero-order valence-electron chi connectivity index (χ0n) is 14.5. The Morgan fingerprint density at radius 2 is 2.07 bits per heavy atom. The van der Waals surface area contributed by atoms with Gasteiger partial charge < -0.3 is 10.6 Å². The Balaban J connectivity index is 1.64. The molecule has 1 aromatic carbocycles. The number of halogens is 5. The van der Waals surface area contributed by atoms with Crippen molar-refractivity contribution in [1.82, 2.24) is 9.78 Å². The van der Waals surface area contributed by atoms with Gasteiger partial charge in [0.15, 0.2) is 11.7 Å². The Hall–Kier alpha value is -2.23. The zero-order chi connectivity index (χ0) is 20.8. The summed E-state index contributed by atoms with van der Waals surface area (Å²) in [6, 6.07) is 6.99. The Morgan fingerprint density at radius 3 is 2.72 bits per heavy atom. The van der Waals surface area contributed by atoms with Crippen molar-refractivity contribution in [1.29, 1.82) is 0 Å². The van der Waals surface area contributed by atoms with E-state index in [0.717, 1.165) is 9.56 Å². The molecule has 2 N–H and O–H groups in total. The maximum Gasteiger partial charge on any atom is 0.410 e. The van der Waals surface area contributed by atoms with E-state index in [1.54, 1.807) is 17.5 Å². The lowest BCUT2D eigenvalue weighted by Crippen LogP contribution is -2.35. The van der Waals surface area contributed by atoms with Crippen LogP contribution in [0.5, 0.6) is 0 Å². The maximum atomic E-state index is 13.7. The molecule has 0 saturated heterocycles. The second-order valence-electron chi connectivity index (χ2n) is 6.44. The van der Waals surface area contributed by atoms with Gasteiger partial charge in [0, 0.05) is 22.4 Å². The molecule has 4 rings (SSSR count). The highest BCUT2D eigenvalue weighted by molar-refractivity contribution is 7.10. The quantitative estimate of drug-likeness (QED) is 0.491. The van der Waals surface area contributed by atoms with E-state index in [9.17, 15) is 18.0 Å². The fraction of sp³-hybridized carbons (Fsp3) is 0.222. The van der Waals surface area contributed by atoms with Crippen LogP contribution in [0.15, 0.2) is 41.8 Å². The molecule has 11 heteroatoms. The normalized spacial score (nSPS) is 18.8. The zero-order valence-corrected chi connectivity index (χ0v) is 16.8. The third kappa shape index (κ3) is 4.08. The standard InChI is InChI=1S/C18H13Cl2F3N4OS/c19-9-3-4-11(10(20)6-9)25-17(28)13-8-16-24-12(14-2-1-5-29-14)7-15(18(21,22)23)27(16)26-13/h1-6,8,12,15,24H,7H2,(H,25,28)/t12-,15-/m1/s1. The van der Waals surface area contributed by atoms with Gasteiger partial charge in [-0.2, -0.15) is 18.3 Å². The average molecular weight is 461 g/mol. The largest absolute Gasteiger partial charge is 0.410 e. The summed E-state index contributed by atoms with van der Waals surface area (Å²) in [7, 11) is 0. The van der Waals surface area contributed by atoms with E-state index in [-0.39, 0.29) is 28.6 Å². The molecular weight excluding hydrogens is 448 g/mol. The van der Waals surface area contributed by atoms with Crippen molar-refractivity contribution in [2.75, 3.05) is 10.6 Å². The number of rotatable bonds is 3. The van der Waals surface area contributed by atoms with E-state index in [0.29, 0.717) is 5.02 Å². The number of aromatic nitrogens is 2. The van der Waals surface area contributed by atoms with E-state index >= 15 is 0 Å². The van der Waals surface area contributed by atoms with Gasteiger partial charge in [-0.25, -0.2) is 4.68 Å². The molecule has 1 amide bonds. The minimum absolute atomic E-state index is 0.129. The van der Waals surface area contributed by atoms with Gasteiger partial charge in [0.2, 0.25) is 0 Å². The Kier molecular flexibility index (Phi) is 5.22. The number of hydrogen-bond acceptors (Lipinski definition) is 4. The van der Waals surface area contributed by atoms with Crippen molar-refractivity contribution >= 4 is 52.0 Å². The number of thiophene rings is 1. The van der Waals surface area contributed by atoms with Gasteiger partial charge in [-0.05, 0) is 29.6 Å². The van der Waals surface area contributed by atoms with Crippen LogP contribution in [0.2, 0.25) is 10.0 Å². The average Bonchev–Trinajstić information content (AvgIpc) is 3.31. The third-order valence-electron chi connectivity index (χ3n) is 4.49. The smallest absolute Gasteiger partial charge is 0.363 e. The van der Waals surface area contributed by atoms with Crippen LogP contribution in [0.25, 0.3) is 0 Å². The molecule has 0 unspecified atom stereocenters. The topological polar surface area (TPSA) is 59.0 Å². The fourth-order valence-corrected chi connectivity index (χ4v) is 4.38. The lowest BCUT2D eigenvalue weighted by atomic mass is 10.0. The predicted octanol–water partition coefficient (Wildman–Crippen LogP) is 6.16. The first kappa shape index (κ1) is 20.1. The summed E-state index contributed by atoms with van der Waals surface area (Å²) in [6.45, 7) is 0. The molecule has 0 saturated carbocycles. The number of carbonyl (C=O) groups is 1. The van der Waals surface area contributed by atoms with E-state index in [1.807, 2.05) is 0 Å². The molecule has 0 spiro atoms. The van der Waals surface area contributed by atoms with Crippen molar-refractivity contribution in [3.05, 3.63) is 62.4 Å². The molecule has 29 heavy (non-hydrogen) atoms. The van der Waals surface area contributed by atoms with Crippen LogP contribution >= 0.6 is 34.5 Å². The Morgan fingerprint density at radius 1 is 1.28 bits per heavy atom. The number of alkyl halides is 3. The Labute approximate surface area is 177 Å². The van der Waals surface area contributed by atoms with Gasteiger partial charge in [-0.15, -0.1) is 11.3 Å². The van der Waals surface area contributed by atoms with Crippen molar-refractivity contribution in [2.45, 2.75) is 24.7 Å². The molecule has 1 aliphatic rings. The molecule has 3 heterocycles. The SMILES string of the molecule is O=C(Nc1ccc(Cl)cc1Cl)c1cc2n(n1)[C@@H](C(F)(F)F)C[C@H](c1cccs1)N2. The first-order chi connectivity index (χ1) is 13.7. The lowest BCUT2D eigenvalue weighted by molar-refractivity contribution is -0.173. The van der Waals surface area contributed by atoms with Crippen LogP contribution in [-0.4, -0.2) is 21.9 Å². The molecule has 0 fully saturated rings. The lowest BCUT2D eigenvalue weighted by Gasteiger charge is -2.32. The van der Waals surface area contributed by atoms with Crippen molar-refractivity contribution in [3.8, 4) is 0 Å². The molecular formula is C18H13Cl2F3N4OS. The van der Waals surface area contributed by atoms with Crippen LogP contribution in [0, 0.1) is 0 Å². The van der Waals surface area contributed by atoms with Gasteiger partial charge in [-0.1, -0.05) is 29.3 Å². The number of benzene rings is 1. The molecule has 1 aliphatic heterocycles. The molecule has 2 atom stereocenters. The third-order valence-corrected chi connectivity index (χ3v) is 6.02. The van der Waals surface area contributed by atoms with Gasteiger partial charge in [-0.3, -0.25) is 4.79 Å². The minimum atomic E-state index is -4.51. The number of anilines is 2. The van der Waals surface area contributed by atoms with Crippen molar-refractivity contribution < 1.29 is 18.0 Å². The number of nitrogens with one attached hydrogen (secondary N) is 2. The number of carbonyl (C=O) groups excluding carboxylic acids is 1. The monoisotopic (exact) mass is 460 g/mol. The summed E-state index contributed by atoms with van der Waals surface area (Å²) < 4.78 is 41.8. The molecule has 2 aromatic heterocycles. The number of nitrogens with zero attached hydrogens (tertiary/aromatic N) is 2. The molecule has 5 nitrogen and oxygen atoms in total. The van der Waals surface area contributed by atoms with Crippen molar-refractivity contribution in [3.63, 3.8) is 0 Å². The summed E-state index contributed by atoms with van der Waals surface area (Å²) in [6.07, 6.45) is -4.73. The maximum absolute atomic E-state index is 13.7. The first-order valence-electron chi connectivity index (χ1n) is 8.45. The van der Waals surface area contributed by atoms with Gasteiger partial charge in [0.05, 0.1) is 16.8 Å². The molecule has 152 valence electrons. The molecule has 3 aromatic rings. The van der Waals surface area contributed by atoms with E-state index in [2.05, 4.69) is 15.7 Å². The summed E-state index contributed by atoms with van der Waals surface area (Å²) in [4.78, 5) is 13.3. The summed E-state index contributed by atoms with van der Waals surface area (Å²) in [5.74, 6) is -0.546. The first-order valence-corrected chi connectivity index (χ1v) is 10.1. The van der Waals surface area contributed by atoms with E-state index < -0.39 is 24.2 Å². The second-order valence-corrected chi connectivity index (χ2v) is 8.27. The van der Waals surface area contributed by atoms with Crippen LogP contribution in [0.3, 0.4) is 0 Å². The Bertz CT molecular complexity index is 1050. The highest BCUT2D eigenvalue weighted by Gasteiger charge is 2.47. The van der Waals surface area contributed by atoms with Gasteiger partial charge in [0.25, 0.3) is 5.91 Å². The summed E-state index contributed by atoms with van der Waals surface area (Å²) >= 11 is 13.2. The van der Waals surface area contributed by atoms with E-state index in [4.69, 9.17) is 23.2 Å². The molecule has 0 radical (unpaired) electrons. The van der Waals surface area contributed by atoms with Crippen molar-refractivity contribution in [2.24, 2.45) is 0 Å². The summed E-state index contributed by atoms with van der Waals surface area (Å²) in [5, 5.41) is 11.9. The molecule has 0 aliphatic carbocycles. The predicted molar refractivity (Wildman–Crippen MR) is 107 cm³/mol. The van der Waals surface area contributed by atoms with E-state index in [1.165, 1.54) is 35.6 Å². The fourth-order valence-electron chi connectivity index (χ4n) is 3.14. The highest BCUT2D eigenvalue weighted by atomic mass is 35.5. The minimum Gasteiger partial charge on any atom is -0.363 e. The second kappa shape index (κ2) is 7.55. The highest BCUT2D eigenvalue weighted by Crippen LogP contribution is 2.44. The van der Waals surface area contributed by atoms with Crippen LogP contribution in [-0.2, 0) is 0 Å². The van der Waals surface area contributed by atoms with Crippen LogP contribution in [0.4, 0.5) is 24.7 Å².